The molecule has 2 amide bonds. The zero-order valence-corrected chi connectivity index (χ0v) is 24.3. The number of thiophene rings is 1. The number of aryl methyl sites for hydroxylation is 1. The van der Waals surface area contributed by atoms with Crippen molar-refractivity contribution in [3.05, 3.63) is 63.3 Å². The van der Waals surface area contributed by atoms with Crippen LogP contribution in [0.5, 0.6) is 0 Å². The highest BCUT2D eigenvalue weighted by molar-refractivity contribution is 7.89. The molecule has 1 saturated heterocycles. The first-order valence-electron chi connectivity index (χ1n) is 12.2. The van der Waals surface area contributed by atoms with Crippen LogP contribution in [0.4, 0.5) is 5.69 Å². The van der Waals surface area contributed by atoms with E-state index in [1.165, 1.54) is 47.0 Å². The lowest BCUT2D eigenvalue weighted by Gasteiger charge is -2.32. The van der Waals surface area contributed by atoms with Crippen molar-refractivity contribution < 1.29 is 32.6 Å². The fourth-order valence-corrected chi connectivity index (χ4v) is 7.05. The fourth-order valence-electron chi connectivity index (χ4n) is 4.51. The van der Waals surface area contributed by atoms with E-state index in [0.717, 1.165) is 11.3 Å². The number of sulfonamides is 1. The van der Waals surface area contributed by atoms with Gasteiger partial charge in [0.05, 0.1) is 27.3 Å². The maximum atomic E-state index is 14.0. The molecular formula is C25H28ClN5O7S2. The summed E-state index contributed by atoms with van der Waals surface area (Å²) in [5.41, 5.74) is -1.63. The fraction of sp³-hybridized carbons (Fsp3) is 0.360. The van der Waals surface area contributed by atoms with Gasteiger partial charge in [-0.15, -0.1) is 11.3 Å². The van der Waals surface area contributed by atoms with Crippen molar-refractivity contribution in [2.24, 2.45) is 7.05 Å². The minimum absolute atomic E-state index is 0.0225. The first kappa shape index (κ1) is 29.7. The zero-order chi connectivity index (χ0) is 29.2. The molecule has 1 fully saturated rings. The predicted molar refractivity (Wildman–Crippen MR) is 148 cm³/mol. The van der Waals surface area contributed by atoms with E-state index in [1.54, 1.807) is 26.1 Å². The zero-order valence-electron chi connectivity index (χ0n) is 21.9. The van der Waals surface area contributed by atoms with E-state index in [0.29, 0.717) is 10.0 Å². The Balaban J connectivity index is 1.78. The predicted octanol–water partition coefficient (Wildman–Crippen LogP) is 1.71. The summed E-state index contributed by atoms with van der Waals surface area (Å²) in [6.45, 7) is 2.69. The van der Waals surface area contributed by atoms with Gasteiger partial charge in [0.15, 0.2) is 0 Å². The molecule has 0 aliphatic carbocycles. The average molecular weight is 610 g/mol. The van der Waals surface area contributed by atoms with Gasteiger partial charge in [-0.2, -0.15) is 4.72 Å². The van der Waals surface area contributed by atoms with Crippen LogP contribution in [0.2, 0.25) is 4.34 Å². The van der Waals surface area contributed by atoms with E-state index in [2.05, 4.69) is 15.0 Å². The second-order valence-electron chi connectivity index (χ2n) is 9.07. The van der Waals surface area contributed by atoms with Crippen molar-refractivity contribution in [3.63, 3.8) is 0 Å². The number of aliphatic hydroxyl groups is 1. The number of nitrogens with one attached hydrogen (secondary N) is 2. The molecular weight excluding hydrogens is 582 g/mol. The molecule has 4 rings (SSSR count). The van der Waals surface area contributed by atoms with Gasteiger partial charge in [-0.05, 0) is 43.7 Å². The average Bonchev–Trinajstić information content (AvgIpc) is 3.63. The highest BCUT2D eigenvalue weighted by Crippen LogP contribution is 2.32. The third-order valence-corrected chi connectivity index (χ3v) is 9.33. The number of carbonyl (C=O) groups excluding carboxylic acids is 3. The molecule has 0 saturated carbocycles. The second kappa shape index (κ2) is 11.7. The minimum atomic E-state index is -4.52. The van der Waals surface area contributed by atoms with Gasteiger partial charge < -0.3 is 24.6 Å². The van der Waals surface area contributed by atoms with Gasteiger partial charge in [0, 0.05) is 38.1 Å². The third-order valence-electron chi connectivity index (χ3n) is 6.46. The van der Waals surface area contributed by atoms with Gasteiger partial charge in [0.25, 0.3) is 11.8 Å². The highest BCUT2D eigenvalue weighted by Gasteiger charge is 2.49. The molecule has 3 N–H and O–H groups in total. The van der Waals surface area contributed by atoms with Crippen LogP contribution in [0.1, 0.15) is 34.4 Å². The second-order valence-corrected chi connectivity index (χ2v) is 12.4. The van der Waals surface area contributed by atoms with Crippen molar-refractivity contribution in [3.8, 4) is 0 Å². The van der Waals surface area contributed by atoms with E-state index in [9.17, 15) is 27.9 Å². The number of amides is 2. The molecule has 0 radical (unpaired) electrons. The van der Waals surface area contributed by atoms with Crippen molar-refractivity contribution in [1.29, 1.82) is 0 Å². The number of halogens is 1. The van der Waals surface area contributed by atoms with Crippen LogP contribution in [-0.2, 0) is 36.9 Å². The summed E-state index contributed by atoms with van der Waals surface area (Å²) in [7, 11) is -2.95. The Bertz CT molecular complexity index is 1550. The number of carbonyl (C=O) groups is 3. The molecule has 40 heavy (non-hydrogen) atoms. The number of aliphatic hydroxyl groups excluding tert-OH is 1. The lowest BCUT2D eigenvalue weighted by atomic mass is 9.99. The monoisotopic (exact) mass is 609 g/mol. The number of rotatable bonds is 10. The lowest BCUT2D eigenvalue weighted by molar-refractivity contribution is -0.151. The van der Waals surface area contributed by atoms with Crippen molar-refractivity contribution >= 4 is 56.4 Å². The Morgan fingerprint density at radius 2 is 2.05 bits per heavy atom. The molecule has 3 aromatic rings. The summed E-state index contributed by atoms with van der Waals surface area (Å²) in [6.07, 6.45) is 1.95. The lowest BCUT2D eigenvalue weighted by Crippen LogP contribution is -2.60. The van der Waals surface area contributed by atoms with Crippen LogP contribution in [0, 0.1) is 6.92 Å². The largest absolute Gasteiger partial charge is 0.464 e. The number of anilines is 1. The molecule has 1 aromatic carbocycles. The molecule has 2 aromatic heterocycles. The Labute approximate surface area is 240 Å². The van der Waals surface area contributed by atoms with Crippen molar-refractivity contribution in [2.75, 3.05) is 24.6 Å². The van der Waals surface area contributed by atoms with Crippen LogP contribution in [0.3, 0.4) is 0 Å². The van der Waals surface area contributed by atoms with Gasteiger partial charge in [-0.1, -0.05) is 17.7 Å². The summed E-state index contributed by atoms with van der Waals surface area (Å²) in [5, 5.41) is 12.5. The first-order chi connectivity index (χ1) is 18.9. The number of imidazole rings is 1. The quantitative estimate of drug-likeness (QED) is 0.293. The number of hydrogen-bond acceptors (Lipinski definition) is 9. The van der Waals surface area contributed by atoms with Gasteiger partial charge in [0.1, 0.15) is 11.9 Å². The maximum Gasteiger partial charge on any atom is 0.337 e. The number of benzene rings is 1. The Kier molecular flexibility index (Phi) is 8.66. The van der Waals surface area contributed by atoms with E-state index < -0.39 is 46.0 Å². The summed E-state index contributed by atoms with van der Waals surface area (Å²) in [6, 6.07) is 7.42. The highest BCUT2D eigenvalue weighted by atomic mass is 35.5. The number of aromatic nitrogens is 2. The van der Waals surface area contributed by atoms with Crippen molar-refractivity contribution in [1.82, 2.24) is 19.6 Å². The van der Waals surface area contributed by atoms with E-state index >= 15 is 0 Å². The molecule has 0 bridgehead atoms. The number of ether oxygens (including phenoxy) is 1. The first-order valence-corrected chi connectivity index (χ1v) is 14.9. The Morgan fingerprint density at radius 3 is 2.62 bits per heavy atom. The van der Waals surface area contributed by atoms with Gasteiger partial charge in [-0.25, -0.2) is 18.2 Å². The molecule has 3 heterocycles. The standard InChI is InChI=1S/C25H28ClN5O7S2/c1-4-38-24(35)25(23-27-11-13-30(23)3,14-28-21(33)18-8-9-20(26)39-18)29-40(36,37)19-7-5-6-16(15(19)2)31-12-10-17(32)22(31)34/h5-9,11,13,17,29,32H,4,10,12,14H2,1-3H3,(H,28,33)/t17-,25+/m0/s1. The third kappa shape index (κ3) is 5.63. The summed E-state index contributed by atoms with van der Waals surface area (Å²) in [4.78, 5) is 44.5. The van der Waals surface area contributed by atoms with Crippen molar-refractivity contribution in [2.45, 2.75) is 36.8 Å². The number of hydrogen-bond donors (Lipinski definition) is 3. The maximum absolute atomic E-state index is 14.0. The van der Waals surface area contributed by atoms with Crippen LogP contribution in [-0.4, -0.2) is 66.7 Å². The number of esters is 1. The molecule has 1 aliphatic rings. The van der Waals surface area contributed by atoms with E-state index in [4.69, 9.17) is 16.3 Å². The van der Waals surface area contributed by atoms with E-state index in [-0.39, 0.29) is 40.7 Å². The smallest absolute Gasteiger partial charge is 0.337 e. The molecule has 15 heteroatoms. The summed E-state index contributed by atoms with van der Waals surface area (Å²) in [5.74, 6) is -2.12. The molecule has 0 unspecified atom stereocenters. The Hall–Kier alpha value is -3.30. The molecule has 214 valence electrons. The number of nitrogens with zero attached hydrogens (tertiary/aromatic N) is 3. The minimum Gasteiger partial charge on any atom is -0.464 e. The topological polar surface area (TPSA) is 160 Å². The van der Waals surface area contributed by atoms with Crippen LogP contribution in [0.25, 0.3) is 0 Å². The molecule has 2 atom stereocenters. The Morgan fingerprint density at radius 1 is 1.30 bits per heavy atom. The molecule has 0 spiro atoms. The van der Waals surface area contributed by atoms with E-state index in [1.807, 2.05) is 0 Å². The SMILES string of the molecule is CCOC(=O)[C@](CNC(=O)c1ccc(Cl)s1)(NS(=O)(=O)c1cccc(N2CC[C@H](O)C2=O)c1C)c1nccn1C. The van der Waals surface area contributed by atoms with Crippen LogP contribution in [0.15, 0.2) is 47.6 Å². The molecule has 12 nitrogen and oxygen atoms in total. The van der Waals surface area contributed by atoms with Crippen LogP contribution < -0.4 is 14.9 Å². The van der Waals surface area contributed by atoms with Gasteiger partial charge in [-0.3, -0.25) is 9.59 Å². The summed E-state index contributed by atoms with van der Waals surface area (Å²) >= 11 is 6.98. The molecule has 1 aliphatic heterocycles. The summed E-state index contributed by atoms with van der Waals surface area (Å²) < 4.78 is 37.5. The van der Waals surface area contributed by atoms with Gasteiger partial charge >= 0.3 is 5.97 Å². The van der Waals surface area contributed by atoms with Crippen LogP contribution >= 0.6 is 22.9 Å². The normalized spacial score (nSPS) is 17.1. The van der Waals surface area contributed by atoms with Gasteiger partial charge in [0.2, 0.25) is 15.6 Å².